The van der Waals surface area contributed by atoms with E-state index in [4.69, 9.17) is 27.9 Å². The number of aromatic nitrogens is 2. The van der Waals surface area contributed by atoms with Gasteiger partial charge in [0, 0.05) is 16.8 Å². The van der Waals surface area contributed by atoms with Crippen LogP contribution in [0.1, 0.15) is 17.4 Å². The highest BCUT2D eigenvalue weighted by Crippen LogP contribution is 2.32. The van der Waals surface area contributed by atoms with E-state index < -0.39 is 5.97 Å². The molecule has 0 amide bonds. The van der Waals surface area contributed by atoms with E-state index in [1.807, 2.05) is 18.2 Å². The molecule has 4 nitrogen and oxygen atoms in total. The van der Waals surface area contributed by atoms with Gasteiger partial charge in [0.1, 0.15) is 5.65 Å². The van der Waals surface area contributed by atoms with Crippen molar-refractivity contribution in [2.24, 2.45) is 0 Å². The average molecular weight is 335 g/mol. The molecule has 0 saturated heterocycles. The summed E-state index contributed by atoms with van der Waals surface area (Å²) in [5.41, 5.74) is 2.09. The third-order valence-corrected chi connectivity index (χ3v) is 3.73. The number of esters is 1. The number of pyridine rings is 1. The van der Waals surface area contributed by atoms with Gasteiger partial charge < -0.3 is 4.74 Å². The Bertz CT molecular complexity index is 858. The minimum Gasteiger partial charge on any atom is -0.461 e. The molecule has 0 saturated carbocycles. The molecule has 2 heterocycles. The first kappa shape index (κ1) is 14.9. The van der Waals surface area contributed by atoms with Crippen molar-refractivity contribution in [2.45, 2.75) is 6.92 Å². The second kappa shape index (κ2) is 5.99. The van der Waals surface area contributed by atoms with Crippen LogP contribution in [0.15, 0.2) is 42.6 Å². The fraction of sp³-hybridized carbons (Fsp3) is 0.125. The number of halogens is 2. The highest BCUT2D eigenvalue weighted by atomic mass is 35.5. The third kappa shape index (κ3) is 2.56. The predicted octanol–water partition coefficient (Wildman–Crippen LogP) is 4.48. The Hall–Kier alpha value is -2.04. The topological polar surface area (TPSA) is 43.6 Å². The molecule has 0 aliphatic rings. The summed E-state index contributed by atoms with van der Waals surface area (Å²) in [7, 11) is 0. The summed E-state index contributed by atoms with van der Waals surface area (Å²) >= 11 is 12.4. The van der Waals surface area contributed by atoms with Gasteiger partial charge in [-0.05, 0) is 25.1 Å². The lowest BCUT2D eigenvalue weighted by atomic mass is 10.1. The summed E-state index contributed by atoms with van der Waals surface area (Å²) in [6, 6.07) is 10.7. The monoisotopic (exact) mass is 334 g/mol. The fourth-order valence-electron chi connectivity index (χ4n) is 2.27. The Morgan fingerprint density at radius 2 is 2.00 bits per heavy atom. The van der Waals surface area contributed by atoms with Crippen molar-refractivity contribution in [3.8, 4) is 11.3 Å². The standard InChI is InChI=1S/C16H12Cl2N2O2/c1-2-22-16(21)14-15(11-5-3-4-6-12(11)18)20-9-10(17)7-8-13(20)19-14/h3-9H,2H2,1H3. The molecule has 1 aromatic carbocycles. The van der Waals surface area contributed by atoms with Gasteiger partial charge in [-0.15, -0.1) is 0 Å². The number of hydrogen-bond acceptors (Lipinski definition) is 3. The van der Waals surface area contributed by atoms with Gasteiger partial charge in [0.15, 0.2) is 5.69 Å². The number of hydrogen-bond donors (Lipinski definition) is 0. The Kier molecular flexibility index (Phi) is 4.05. The number of nitrogens with zero attached hydrogens (tertiary/aromatic N) is 2. The lowest BCUT2D eigenvalue weighted by molar-refractivity contribution is 0.0521. The van der Waals surface area contributed by atoms with Crippen molar-refractivity contribution >= 4 is 34.8 Å². The van der Waals surface area contributed by atoms with E-state index in [9.17, 15) is 4.79 Å². The Morgan fingerprint density at radius 3 is 2.73 bits per heavy atom. The van der Waals surface area contributed by atoms with E-state index in [1.165, 1.54) is 0 Å². The van der Waals surface area contributed by atoms with Crippen LogP contribution in [-0.2, 0) is 4.74 Å². The molecule has 3 aromatic rings. The van der Waals surface area contributed by atoms with Crippen molar-refractivity contribution < 1.29 is 9.53 Å². The number of rotatable bonds is 3. The molecule has 22 heavy (non-hydrogen) atoms. The maximum Gasteiger partial charge on any atom is 0.359 e. The first-order valence-corrected chi connectivity index (χ1v) is 7.47. The molecular formula is C16H12Cl2N2O2. The molecule has 6 heteroatoms. The third-order valence-electron chi connectivity index (χ3n) is 3.18. The van der Waals surface area contributed by atoms with Crippen molar-refractivity contribution in [3.63, 3.8) is 0 Å². The largest absolute Gasteiger partial charge is 0.461 e. The molecule has 0 bridgehead atoms. The van der Waals surface area contributed by atoms with Crippen LogP contribution in [0.4, 0.5) is 0 Å². The van der Waals surface area contributed by atoms with Crippen LogP contribution in [0, 0.1) is 0 Å². The smallest absolute Gasteiger partial charge is 0.359 e. The van der Waals surface area contributed by atoms with Gasteiger partial charge in [0.05, 0.1) is 17.3 Å². The minimum absolute atomic E-state index is 0.220. The van der Waals surface area contributed by atoms with Crippen LogP contribution >= 0.6 is 23.2 Å². The van der Waals surface area contributed by atoms with Crippen molar-refractivity contribution in [3.05, 3.63) is 58.3 Å². The predicted molar refractivity (Wildman–Crippen MR) is 86.6 cm³/mol. The maximum absolute atomic E-state index is 12.2. The van der Waals surface area contributed by atoms with Crippen molar-refractivity contribution in [1.82, 2.24) is 9.38 Å². The molecule has 0 N–H and O–H groups in total. The van der Waals surface area contributed by atoms with Crippen molar-refractivity contribution in [1.29, 1.82) is 0 Å². The van der Waals surface area contributed by atoms with Gasteiger partial charge in [-0.2, -0.15) is 0 Å². The van der Waals surface area contributed by atoms with E-state index in [-0.39, 0.29) is 12.3 Å². The molecular weight excluding hydrogens is 323 g/mol. The molecule has 0 atom stereocenters. The molecule has 0 aliphatic heterocycles. The zero-order valence-corrected chi connectivity index (χ0v) is 13.2. The summed E-state index contributed by atoms with van der Waals surface area (Å²) in [6.07, 6.45) is 1.70. The van der Waals surface area contributed by atoms with Gasteiger partial charge >= 0.3 is 5.97 Å². The van der Waals surface area contributed by atoms with Crippen LogP contribution < -0.4 is 0 Å². The van der Waals surface area contributed by atoms with E-state index in [1.54, 1.807) is 35.7 Å². The van der Waals surface area contributed by atoms with Gasteiger partial charge in [0.25, 0.3) is 0 Å². The normalized spacial score (nSPS) is 10.9. The average Bonchev–Trinajstić information content (AvgIpc) is 2.86. The van der Waals surface area contributed by atoms with Gasteiger partial charge in [-0.3, -0.25) is 4.40 Å². The summed E-state index contributed by atoms with van der Waals surface area (Å²) in [6.45, 7) is 2.02. The van der Waals surface area contributed by atoms with E-state index in [0.29, 0.717) is 26.9 Å². The maximum atomic E-state index is 12.2. The van der Waals surface area contributed by atoms with Crippen LogP contribution in [0.5, 0.6) is 0 Å². The second-order valence-electron chi connectivity index (χ2n) is 4.58. The van der Waals surface area contributed by atoms with E-state index >= 15 is 0 Å². The molecule has 0 radical (unpaired) electrons. The Labute approximate surface area is 137 Å². The van der Waals surface area contributed by atoms with E-state index in [0.717, 1.165) is 0 Å². The SMILES string of the molecule is CCOC(=O)c1nc2ccc(Cl)cn2c1-c1ccccc1Cl. The highest BCUT2D eigenvalue weighted by Gasteiger charge is 2.22. The van der Waals surface area contributed by atoms with Gasteiger partial charge in [-0.25, -0.2) is 9.78 Å². The molecule has 2 aromatic heterocycles. The summed E-state index contributed by atoms with van der Waals surface area (Å²) in [5, 5.41) is 1.06. The van der Waals surface area contributed by atoms with E-state index in [2.05, 4.69) is 4.98 Å². The zero-order valence-electron chi connectivity index (χ0n) is 11.7. The Morgan fingerprint density at radius 1 is 1.23 bits per heavy atom. The number of imidazole rings is 1. The quantitative estimate of drug-likeness (QED) is 0.663. The number of ether oxygens (including phenoxy) is 1. The molecule has 0 aliphatic carbocycles. The molecule has 0 spiro atoms. The lowest BCUT2D eigenvalue weighted by Gasteiger charge is -2.07. The van der Waals surface area contributed by atoms with Crippen LogP contribution in [-0.4, -0.2) is 22.0 Å². The lowest BCUT2D eigenvalue weighted by Crippen LogP contribution is -2.07. The number of benzene rings is 1. The summed E-state index contributed by atoms with van der Waals surface area (Å²) in [5.74, 6) is -0.489. The molecule has 112 valence electrons. The summed E-state index contributed by atoms with van der Waals surface area (Å²) in [4.78, 5) is 16.6. The fourth-order valence-corrected chi connectivity index (χ4v) is 2.66. The highest BCUT2D eigenvalue weighted by molar-refractivity contribution is 6.33. The number of carbonyl (C=O) groups excluding carboxylic acids is 1. The van der Waals surface area contributed by atoms with Crippen LogP contribution in [0.2, 0.25) is 10.0 Å². The van der Waals surface area contributed by atoms with Gasteiger partial charge in [-0.1, -0.05) is 41.4 Å². The Balaban J connectivity index is 2.33. The second-order valence-corrected chi connectivity index (χ2v) is 5.43. The van der Waals surface area contributed by atoms with Crippen LogP contribution in [0.3, 0.4) is 0 Å². The molecule has 0 fully saturated rings. The van der Waals surface area contributed by atoms with Crippen LogP contribution in [0.25, 0.3) is 16.9 Å². The zero-order chi connectivity index (χ0) is 15.7. The number of fused-ring (bicyclic) bond motifs is 1. The summed E-state index contributed by atoms with van der Waals surface area (Å²) < 4.78 is 6.84. The van der Waals surface area contributed by atoms with Crippen molar-refractivity contribution in [2.75, 3.05) is 6.61 Å². The minimum atomic E-state index is -0.489. The first-order valence-electron chi connectivity index (χ1n) is 6.71. The molecule has 3 rings (SSSR count). The molecule has 0 unspecified atom stereocenters. The van der Waals surface area contributed by atoms with Gasteiger partial charge in [0.2, 0.25) is 0 Å². The first-order chi connectivity index (χ1) is 10.6. The number of carbonyl (C=O) groups is 1.